The monoisotopic (exact) mass is 307 g/mol. The summed E-state index contributed by atoms with van der Waals surface area (Å²) in [7, 11) is 0. The molecule has 0 aromatic heterocycles. The van der Waals surface area contributed by atoms with Crippen LogP contribution in [0, 0.1) is 0 Å². The quantitative estimate of drug-likeness (QED) is 0.316. The SMILES string of the molecule is CCOC(=O)C(=NNc1ccccc1)C(C)=NNC(N)=S. The van der Waals surface area contributed by atoms with Gasteiger partial charge in [-0.15, -0.1) is 0 Å². The molecular weight excluding hydrogens is 290 g/mol. The lowest BCUT2D eigenvalue weighted by Crippen LogP contribution is -2.30. The van der Waals surface area contributed by atoms with Crippen molar-refractivity contribution in [3.63, 3.8) is 0 Å². The highest BCUT2D eigenvalue weighted by Crippen LogP contribution is 2.05. The average molecular weight is 307 g/mol. The van der Waals surface area contributed by atoms with Crippen LogP contribution in [-0.4, -0.2) is 29.1 Å². The molecule has 0 saturated carbocycles. The molecule has 1 aromatic rings. The van der Waals surface area contributed by atoms with Gasteiger partial charge in [-0.3, -0.25) is 10.9 Å². The number of hydrazone groups is 2. The van der Waals surface area contributed by atoms with Crippen molar-refractivity contribution >= 4 is 40.4 Å². The van der Waals surface area contributed by atoms with Gasteiger partial charge in [0.2, 0.25) is 0 Å². The molecule has 0 fully saturated rings. The van der Waals surface area contributed by atoms with E-state index in [-0.39, 0.29) is 17.4 Å². The van der Waals surface area contributed by atoms with Gasteiger partial charge in [-0.25, -0.2) is 4.79 Å². The number of benzene rings is 1. The first-order valence-electron chi connectivity index (χ1n) is 6.20. The number of rotatable bonds is 6. The number of hydrogen-bond donors (Lipinski definition) is 3. The van der Waals surface area contributed by atoms with E-state index in [1.807, 2.05) is 30.3 Å². The summed E-state index contributed by atoms with van der Waals surface area (Å²) >= 11 is 4.65. The van der Waals surface area contributed by atoms with E-state index in [9.17, 15) is 4.79 Å². The molecule has 21 heavy (non-hydrogen) atoms. The van der Waals surface area contributed by atoms with Crippen LogP contribution in [0.15, 0.2) is 40.5 Å². The minimum atomic E-state index is -0.591. The van der Waals surface area contributed by atoms with Gasteiger partial charge in [-0.2, -0.15) is 10.2 Å². The summed E-state index contributed by atoms with van der Waals surface area (Å²) in [6.45, 7) is 3.53. The fourth-order valence-corrected chi connectivity index (χ4v) is 1.34. The lowest BCUT2D eigenvalue weighted by Gasteiger charge is -2.07. The van der Waals surface area contributed by atoms with Crippen molar-refractivity contribution in [3.05, 3.63) is 30.3 Å². The predicted octanol–water partition coefficient (Wildman–Crippen LogP) is 1.23. The number of ether oxygens (including phenoxy) is 1. The van der Waals surface area contributed by atoms with Gasteiger partial charge in [-0.1, -0.05) is 18.2 Å². The van der Waals surface area contributed by atoms with Crippen LogP contribution in [0.25, 0.3) is 0 Å². The summed E-state index contributed by atoms with van der Waals surface area (Å²) in [5.74, 6) is -0.591. The highest BCUT2D eigenvalue weighted by Gasteiger charge is 2.17. The fourth-order valence-electron chi connectivity index (χ4n) is 1.30. The van der Waals surface area contributed by atoms with Crippen LogP contribution in [0.5, 0.6) is 0 Å². The smallest absolute Gasteiger partial charge is 0.360 e. The largest absolute Gasteiger partial charge is 0.461 e. The number of hydrogen-bond acceptors (Lipinski definition) is 6. The second kappa shape index (κ2) is 8.64. The molecule has 0 aliphatic carbocycles. The van der Waals surface area contributed by atoms with Gasteiger partial charge in [0.15, 0.2) is 10.8 Å². The first kappa shape index (κ1) is 16.6. The summed E-state index contributed by atoms with van der Waals surface area (Å²) < 4.78 is 4.94. The number of nitrogens with two attached hydrogens (primary N) is 1. The second-order valence-corrected chi connectivity index (χ2v) is 4.27. The molecule has 0 saturated heterocycles. The standard InChI is InChI=1S/C13H17N5O2S/c1-3-20-12(19)11(9(2)15-18-13(14)21)17-16-10-7-5-4-6-8-10/h4-8,16H,3H2,1-2H3,(H3,14,18,21). The van der Waals surface area contributed by atoms with Crippen LogP contribution < -0.4 is 16.6 Å². The maximum absolute atomic E-state index is 11.9. The Labute approximate surface area is 128 Å². The molecule has 0 amide bonds. The topological polar surface area (TPSA) is 101 Å². The van der Waals surface area contributed by atoms with Crippen molar-refractivity contribution in [1.29, 1.82) is 0 Å². The van der Waals surface area contributed by atoms with Gasteiger partial charge in [-0.05, 0) is 38.2 Å². The molecule has 0 radical (unpaired) electrons. The number of nitrogens with zero attached hydrogens (tertiary/aromatic N) is 2. The number of nitrogens with one attached hydrogen (secondary N) is 2. The number of thiocarbonyl (C=S) groups is 1. The molecule has 8 heteroatoms. The Kier molecular flexibility index (Phi) is 6.82. The van der Waals surface area contributed by atoms with Gasteiger partial charge in [0.1, 0.15) is 0 Å². The predicted molar refractivity (Wildman–Crippen MR) is 87.2 cm³/mol. The Morgan fingerprint density at radius 3 is 2.57 bits per heavy atom. The fraction of sp³-hybridized carbons (Fsp3) is 0.231. The van der Waals surface area contributed by atoms with Gasteiger partial charge in [0.25, 0.3) is 0 Å². The van der Waals surface area contributed by atoms with Crippen LogP contribution in [-0.2, 0) is 9.53 Å². The zero-order valence-electron chi connectivity index (χ0n) is 11.8. The number of anilines is 1. The highest BCUT2D eigenvalue weighted by atomic mass is 32.1. The molecule has 7 nitrogen and oxygen atoms in total. The van der Waals surface area contributed by atoms with Gasteiger partial charge >= 0.3 is 5.97 Å². The first-order chi connectivity index (χ1) is 10.0. The van der Waals surface area contributed by atoms with Crippen LogP contribution in [0.2, 0.25) is 0 Å². The molecule has 1 rings (SSSR count). The molecule has 112 valence electrons. The van der Waals surface area contributed by atoms with E-state index in [0.29, 0.717) is 5.71 Å². The minimum absolute atomic E-state index is 0.00595. The maximum atomic E-state index is 11.9. The average Bonchev–Trinajstić information content (AvgIpc) is 2.46. The number of carbonyl (C=O) groups is 1. The van der Waals surface area contributed by atoms with Crippen LogP contribution in [0.4, 0.5) is 5.69 Å². The van der Waals surface area contributed by atoms with Gasteiger partial charge < -0.3 is 10.5 Å². The summed E-state index contributed by atoms with van der Waals surface area (Å²) in [5.41, 5.74) is 11.5. The first-order valence-corrected chi connectivity index (χ1v) is 6.61. The van der Waals surface area contributed by atoms with Crippen LogP contribution in [0.1, 0.15) is 13.8 Å². The molecule has 0 aliphatic heterocycles. The number of carbonyl (C=O) groups excluding carboxylic acids is 1. The third-order valence-electron chi connectivity index (χ3n) is 2.22. The Morgan fingerprint density at radius 1 is 1.33 bits per heavy atom. The minimum Gasteiger partial charge on any atom is -0.461 e. The van der Waals surface area contributed by atoms with Gasteiger partial charge in [0, 0.05) is 0 Å². The van der Waals surface area contributed by atoms with Gasteiger partial charge in [0.05, 0.1) is 18.0 Å². The number of esters is 1. The maximum Gasteiger partial charge on any atom is 0.360 e. The zero-order chi connectivity index (χ0) is 15.7. The third-order valence-corrected chi connectivity index (χ3v) is 2.31. The second-order valence-electron chi connectivity index (χ2n) is 3.83. The molecule has 4 N–H and O–H groups in total. The van der Waals surface area contributed by atoms with E-state index in [0.717, 1.165) is 5.69 Å². The van der Waals surface area contributed by atoms with Crippen molar-refractivity contribution in [2.24, 2.45) is 15.9 Å². The van der Waals surface area contributed by atoms with Crippen molar-refractivity contribution in [2.75, 3.05) is 12.0 Å². The lowest BCUT2D eigenvalue weighted by atomic mass is 10.2. The molecule has 0 spiro atoms. The molecule has 1 aromatic carbocycles. The van der Waals surface area contributed by atoms with E-state index in [1.165, 1.54) is 0 Å². The highest BCUT2D eigenvalue weighted by molar-refractivity contribution is 7.80. The van der Waals surface area contributed by atoms with Crippen molar-refractivity contribution in [3.8, 4) is 0 Å². The Hall–Kier alpha value is -2.48. The lowest BCUT2D eigenvalue weighted by molar-refractivity contribution is -0.134. The Morgan fingerprint density at radius 2 is 2.00 bits per heavy atom. The molecular formula is C13H17N5O2S. The zero-order valence-corrected chi connectivity index (χ0v) is 12.6. The van der Waals surface area contributed by atoms with E-state index >= 15 is 0 Å². The van der Waals surface area contributed by atoms with E-state index in [2.05, 4.69) is 33.3 Å². The van der Waals surface area contributed by atoms with E-state index < -0.39 is 5.97 Å². The Bertz CT molecular complexity index is 557. The molecule has 0 bridgehead atoms. The molecule has 0 heterocycles. The van der Waals surface area contributed by atoms with E-state index in [1.54, 1.807) is 13.8 Å². The summed E-state index contributed by atoms with van der Waals surface area (Å²) in [6.07, 6.45) is 0. The van der Waals surface area contributed by atoms with Crippen molar-refractivity contribution < 1.29 is 9.53 Å². The van der Waals surface area contributed by atoms with Crippen LogP contribution >= 0.6 is 12.2 Å². The van der Waals surface area contributed by atoms with Crippen molar-refractivity contribution in [1.82, 2.24) is 5.43 Å². The summed E-state index contributed by atoms with van der Waals surface area (Å²) in [4.78, 5) is 11.9. The van der Waals surface area contributed by atoms with E-state index in [4.69, 9.17) is 10.5 Å². The van der Waals surface area contributed by atoms with Crippen LogP contribution in [0.3, 0.4) is 0 Å². The summed E-state index contributed by atoms with van der Waals surface area (Å²) in [6, 6.07) is 9.19. The molecule has 0 aliphatic rings. The molecule has 0 atom stereocenters. The normalized spacial score (nSPS) is 11.7. The summed E-state index contributed by atoms with van der Waals surface area (Å²) in [5, 5.41) is 7.89. The third kappa shape index (κ3) is 6.00. The molecule has 0 unspecified atom stereocenters. The van der Waals surface area contributed by atoms with Crippen molar-refractivity contribution in [2.45, 2.75) is 13.8 Å². The Balaban J connectivity index is 2.93. The number of para-hydroxylation sites is 1.